The van der Waals surface area contributed by atoms with Gasteiger partial charge in [-0.15, -0.1) is 0 Å². The van der Waals surface area contributed by atoms with Crippen LogP contribution in [0.3, 0.4) is 0 Å². The molecular formula is C18H21ClN4O. The summed E-state index contributed by atoms with van der Waals surface area (Å²) in [5.74, 6) is 0.420. The second-order valence-electron chi connectivity index (χ2n) is 6.18. The van der Waals surface area contributed by atoms with Crippen molar-refractivity contribution in [2.75, 3.05) is 10.6 Å². The van der Waals surface area contributed by atoms with Crippen LogP contribution in [0.2, 0.25) is 5.02 Å². The number of carbonyl (C=O) groups excluding carboxylic acids is 1. The number of carbonyl (C=O) groups is 1. The summed E-state index contributed by atoms with van der Waals surface area (Å²) in [4.78, 5) is 20.8. The first-order chi connectivity index (χ1) is 11.6. The van der Waals surface area contributed by atoms with E-state index in [-0.39, 0.29) is 11.6 Å². The van der Waals surface area contributed by atoms with E-state index in [9.17, 15) is 4.79 Å². The van der Waals surface area contributed by atoms with E-state index < -0.39 is 0 Å². The first-order valence-electron chi connectivity index (χ1n) is 8.28. The van der Waals surface area contributed by atoms with E-state index in [0.29, 0.717) is 16.8 Å². The van der Waals surface area contributed by atoms with E-state index in [2.05, 4.69) is 20.6 Å². The van der Waals surface area contributed by atoms with Crippen LogP contribution in [-0.4, -0.2) is 21.9 Å². The second-order valence-corrected chi connectivity index (χ2v) is 6.59. The Morgan fingerprint density at radius 1 is 1.17 bits per heavy atom. The molecule has 2 N–H and O–H groups in total. The smallest absolute Gasteiger partial charge is 0.275 e. The van der Waals surface area contributed by atoms with Crippen LogP contribution in [0.25, 0.3) is 0 Å². The van der Waals surface area contributed by atoms with Crippen molar-refractivity contribution in [1.29, 1.82) is 0 Å². The van der Waals surface area contributed by atoms with Crippen molar-refractivity contribution in [3.8, 4) is 0 Å². The fraction of sp³-hybridized carbons (Fsp3) is 0.389. The number of amides is 1. The predicted molar refractivity (Wildman–Crippen MR) is 96.7 cm³/mol. The third-order valence-corrected chi connectivity index (χ3v) is 4.68. The van der Waals surface area contributed by atoms with Gasteiger partial charge in [-0.3, -0.25) is 4.79 Å². The maximum Gasteiger partial charge on any atom is 0.275 e. The van der Waals surface area contributed by atoms with Gasteiger partial charge in [0.05, 0.1) is 12.4 Å². The number of hydrogen-bond donors (Lipinski definition) is 2. The summed E-state index contributed by atoms with van der Waals surface area (Å²) in [5.41, 5.74) is 1.88. The highest BCUT2D eigenvalue weighted by molar-refractivity contribution is 6.31. The Morgan fingerprint density at radius 3 is 2.62 bits per heavy atom. The topological polar surface area (TPSA) is 66.9 Å². The zero-order valence-electron chi connectivity index (χ0n) is 13.7. The van der Waals surface area contributed by atoms with Crippen molar-refractivity contribution >= 4 is 29.0 Å². The number of nitrogens with zero attached hydrogens (tertiary/aromatic N) is 2. The Bertz CT molecular complexity index is 711. The molecule has 0 saturated heterocycles. The molecule has 1 saturated carbocycles. The van der Waals surface area contributed by atoms with Gasteiger partial charge in [0.1, 0.15) is 11.5 Å². The van der Waals surface area contributed by atoms with E-state index in [1.165, 1.54) is 25.5 Å². The van der Waals surface area contributed by atoms with Gasteiger partial charge in [0.25, 0.3) is 5.91 Å². The van der Waals surface area contributed by atoms with Gasteiger partial charge in [-0.25, -0.2) is 9.97 Å². The normalized spacial score (nSPS) is 15.1. The third-order valence-electron chi connectivity index (χ3n) is 4.27. The van der Waals surface area contributed by atoms with E-state index in [1.807, 2.05) is 19.1 Å². The minimum absolute atomic E-state index is 0.279. The average molecular weight is 345 g/mol. The molecule has 0 unspecified atom stereocenters. The molecule has 1 aliphatic rings. The van der Waals surface area contributed by atoms with Gasteiger partial charge >= 0.3 is 0 Å². The Balaban J connectivity index is 1.61. The molecule has 1 aromatic carbocycles. The molecular weight excluding hydrogens is 324 g/mol. The minimum Gasteiger partial charge on any atom is -0.366 e. The van der Waals surface area contributed by atoms with Crippen LogP contribution in [0.15, 0.2) is 30.6 Å². The lowest BCUT2D eigenvalue weighted by molar-refractivity contribution is 0.102. The number of halogens is 1. The third kappa shape index (κ3) is 4.23. The summed E-state index contributed by atoms with van der Waals surface area (Å²) in [6.07, 6.45) is 9.26. The number of aromatic nitrogens is 2. The number of anilines is 2. The van der Waals surface area contributed by atoms with E-state index in [1.54, 1.807) is 12.3 Å². The summed E-state index contributed by atoms with van der Waals surface area (Å²) < 4.78 is 0. The highest BCUT2D eigenvalue weighted by atomic mass is 35.5. The fourth-order valence-electron chi connectivity index (χ4n) is 2.84. The van der Waals surface area contributed by atoms with Gasteiger partial charge in [-0.1, -0.05) is 36.9 Å². The Kier molecular flexibility index (Phi) is 5.30. The van der Waals surface area contributed by atoms with Gasteiger partial charge in [0.2, 0.25) is 0 Å². The van der Waals surface area contributed by atoms with E-state index in [4.69, 9.17) is 11.6 Å². The number of nitrogens with one attached hydrogen (secondary N) is 2. The molecule has 2 aromatic rings. The number of rotatable bonds is 4. The molecule has 0 atom stereocenters. The largest absolute Gasteiger partial charge is 0.366 e. The lowest BCUT2D eigenvalue weighted by atomic mass is 9.96. The van der Waals surface area contributed by atoms with Crippen molar-refractivity contribution in [2.24, 2.45) is 0 Å². The van der Waals surface area contributed by atoms with E-state index in [0.717, 1.165) is 24.2 Å². The number of aryl methyl sites for hydroxylation is 1. The Morgan fingerprint density at radius 2 is 1.96 bits per heavy atom. The number of hydrogen-bond acceptors (Lipinski definition) is 4. The lowest BCUT2D eigenvalue weighted by Crippen LogP contribution is -2.23. The van der Waals surface area contributed by atoms with E-state index >= 15 is 0 Å². The van der Waals surface area contributed by atoms with Crippen LogP contribution in [0.4, 0.5) is 11.5 Å². The summed E-state index contributed by atoms with van der Waals surface area (Å²) in [6, 6.07) is 5.86. The summed E-state index contributed by atoms with van der Waals surface area (Å²) in [6.45, 7) is 1.91. The molecule has 1 heterocycles. The van der Waals surface area contributed by atoms with Crippen LogP contribution in [-0.2, 0) is 0 Å². The molecule has 126 valence electrons. The van der Waals surface area contributed by atoms with Crippen molar-refractivity contribution in [3.63, 3.8) is 0 Å². The average Bonchev–Trinajstić information content (AvgIpc) is 2.60. The standard InChI is InChI=1S/C18H21ClN4O/c1-12-7-8-14(9-15(12)19)23-18(24)16-10-21-17(11-20-16)22-13-5-3-2-4-6-13/h7-11,13H,2-6H2,1H3,(H,21,22)(H,23,24). The lowest BCUT2D eigenvalue weighted by Gasteiger charge is -2.23. The first kappa shape index (κ1) is 16.7. The molecule has 3 rings (SSSR count). The summed E-state index contributed by atoms with van der Waals surface area (Å²) in [7, 11) is 0. The quantitative estimate of drug-likeness (QED) is 0.860. The Labute approximate surface area is 146 Å². The first-order valence-corrected chi connectivity index (χ1v) is 8.66. The molecule has 6 heteroatoms. The fourth-order valence-corrected chi connectivity index (χ4v) is 3.02. The maximum atomic E-state index is 12.2. The zero-order valence-corrected chi connectivity index (χ0v) is 14.4. The second kappa shape index (κ2) is 7.62. The molecule has 0 aliphatic heterocycles. The van der Waals surface area contributed by atoms with Gasteiger partial charge in [-0.05, 0) is 37.5 Å². The van der Waals surface area contributed by atoms with Gasteiger partial charge in [0.15, 0.2) is 0 Å². The Hall–Kier alpha value is -2.14. The minimum atomic E-state index is -0.299. The molecule has 1 amide bonds. The molecule has 0 radical (unpaired) electrons. The summed E-state index contributed by atoms with van der Waals surface area (Å²) >= 11 is 6.07. The molecule has 0 bridgehead atoms. The van der Waals surface area contributed by atoms with Crippen molar-refractivity contribution in [2.45, 2.75) is 45.1 Å². The van der Waals surface area contributed by atoms with Crippen LogP contribution in [0.5, 0.6) is 0 Å². The SMILES string of the molecule is Cc1ccc(NC(=O)c2cnc(NC3CCCCC3)cn2)cc1Cl. The number of benzene rings is 1. The zero-order chi connectivity index (χ0) is 16.9. The maximum absolute atomic E-state index is 12.2. The van der Waals surface area contributed by atoms with Crippen LogP contribution in [0, 0.1) is 6.92 Å². The van der Waals surface area contributed by atoms with Crippen molar-refractivity contribution in [3.05, 3.63) is 46.9 Å². The van der Waals surface area contributed by atoms with Crippen LogP contribution >= 0.6 is 11.6 Å². The van der Waals surface area contributed by atoms with Crippen molar-refractivity contribution < 1.29 is 4.79 Å². The molecule has 1 fully saturated rings. The predicted octanol–water partition coefficient (Wildman–Crippen LogP) is 4.44. The monoisotopic (exact) mass is 344 g/mol. The highest BCUT2D eigenvalue weighted by Gasteiger charge is 2.14. The molecule has 1 aliphatic carbocycles. The van der Waals surface area contributed by atoms with Gasteiger partial charge in [-0.2, -0.15) is 0 Å². The van der Waals surface area contributed by atoms with Gasteiger partial charge < -0.3 is 10.6 Å². The molecule has 24 heavy (non-hydrogen) atoms. The highest BCUT2D eigenvalue weighted by Crippen LogP contribution is 2.21. The van der Waals surface area contributed by atoms with Crippen molar-refractivity contribution in [1.82, 2.24) is 9.97 Å². The molecule has 0 spiro atoms. The van der Waals surface area contributed by atoms with Crippen LogP contribution in [0.1, 0.15) is 48.2 Å². The summed E-state index contributed by atoms with van der Waals surface area (Å²) in [5, 5.41) is 6.79. The van der Waals surface area contributed by atoms with Gasteiger partial charge in [0, 0.05) is 16.8 Å². The molecule has 5 nitrogen and oxygen atoms in total. The molecule has 1 aromatic heterocycles. The van der Waals surface area contributed by atoms with Crippen LogP contribution < -0.4 is 10.6 Å².